The van der Waals surface area contributed by atoms with E-state index in [1.165, 1.54) is 83.5 Å². The smallest absolute Gasteiger partial charge is 0.306 e. The van der Waals surface area contributed by atoms with Crippen molar-refractivity contribution in [2.24, 2.45) is 0 Å². The van der Waals surface area contributed by atoms with Gasteiger partial charge in [0, 0.05) is 19.3 Å². The first-order valence-corrected chi connectivity index (χ1v) is 28.0. The third-order valence-electron chi connectivity index (χ3n) is 11.3. The highest BCUT2D eigenvalue weighted by Crippen LogP contribution is 2.14. The summed E-state index contributed by atoms with van der Waals surface area (Å²) in [6.07, 6.45) is 81.1. The lowest BCUT2D eigenvalue weighted by atomic mass is 10.1. The highest BCUT2D eigenvalue weighted by atomic mass is 16.6. The van der Waals surface area contributed by atoms with E-state index in [2.05, 4.69) is 81.5 Å². The zero-order chi connectivity index (χ0) is 50.7. The van der Waals surface area contributed by atoms with Gasteiger partial charge < -0.3 is 14.2 Å². The number of esters is 3. The number of ether oxygens (including phenoxy) is 3. The van der Waals surface area contributed by atoms with Crippen molar-refractivity contribution in [2.45, 2.75) is 226 Å². The summed E-state index contributed by atoms with van der Waals surface area (Å²) in [6.45, 7) is 6.31. The van der Waals surface area contributed by atoms with E-state index in [9.17, 15) is 14.4 Å². The van der Waals surface area contributed by atoms with Gasteiger partial charge in [-0.15, -0.1) is 0 Å². The van der Waals surface area contributed by atoms with Gasteiger partial charge in [0.1, 0.15) is 13.2 Å². The Labute approximate surface area is 429 Å². The second kappa shape index (κ2) is 56.9. The zero-order valence-electron chi connectivity index (χ0n) is 44.7. The Morgan fingerprint density at radius 3 is 0.957 bits per heavy atom. The Hall–Kier alpha value is -4.71. The van der Waals surface area contributed by atoms with E-state index in [-0.39, 0.29) is 37.5 Å². The highest BCUT2D eigenvalue weighted by molar-refractivity contribution is 5.71. The minimum atomic E-state index is -0.818. The Kier molecular flexibility index (Phi) is 53.0. The van der Waals surface area contributed by atoms with Crippen LogP contribution >= 0.6 is 0 Å². The first-order valence-electron chi connectivity index (χ1n) is 28.0. The molecule has 0 amide bonds. The van der Waals surface area contributed by atoms with E-state index in [0.717, 1.165) is 96.3 Å². The molecule has 1 atom stereocenters. The van der Waals surface area contributed by atoms with Crippen molar-refractivity contribution < 1.29 is 28.6 Å². The average molecular weight is 965 g/mol. The summed E-state index contributed by atoms with van der Waals surface area (Å²) in [5.74, 6) is -0.989. The minimum Gasteiger partial charge on any atom is -0.462 e. The predicted octanol–water partition coefficient (Wildman–Crippen LogP) is 18.8. The van der Waals surface area contributed by atoms with Crippen LogP contribution in [0.4, 0.5) is 0 Å². The number of unbranched alkanes of at least 4 members (excludes halogenated alkanes) is 22. The third kappa shape index (κ3) is 54.2. The Morgan fingerprint density at radius 1 is 0.300 bits per heavy atom. The van der Waals surface area contributed by atoms with Gasteiger partial charge in [0.25, 0.3) is 0 Å². The van der Waals surface area contributed by atoms with Gasteiger partial charge in [0.15, 0.2) is 6.10 Å². The molecule has 6 nitrogen and oxygen atoms in total. The quantitative estimate of drug-likeness (QED) is 0.0262. The van der Waals surface area contributed by atoms with Crippen LogP contribution in [0.15, 0.2) is 146 Å². The Balaban J connectivity index is 4.53. The number of carbonyl (C=O) groups excluding carboxylic acids is 3. The normalized spacial score (nSPS) is 13.2. The monoisotopic (exact) mass is 965 g/mol. The van der Waals surface area contributed by atoms with Crippen LogP contribution in [0.5, 0.6) is 0 Å². The molecule has 392 valence electrons. The minimum absolute atomic E-state index is 0.110. The van der Waals surface area contributed by atoms with E-state index in [4.69, 9.17) is 14.2 Å². The van der Waals surface area contributed by atoms with Crippen molar-refractivity contribution in [1.82, 2.24) is 0 Å². The molecular weight excluding hydrogens is 865 g/mol. The molecular formula is C64H100O6. The van der Waals surface area contributed by atoms with E-state index in [1.807, 2.05) is 85.1 Å². The molecule has 0 heterocycles. The maximum Gasteiger partial charge on any atom is 0.306 e. The lowest BCUT2D eigenvalue weighted by molar-refractivity contribution is -0.167. The van der Waals surface area contributed by atoms with Gasteiger partial charge in [-0.3, -0.25) is 14.4 Å². The summed E-state index contributed by atoms with van der Waals surface area (Å²) >= 11 is 0. The summed E-state index contributed by atoms with van der Waals surface area (Å²) in [7, 11) is 0. The Morgan fingerprint density at radius 2 is 0.586 bits per heavy atom. The number of rotatable bonds is 48. The third-order valence-corrected chi connectivity index (χ3v) is 11.3. The molecule has 6 heteroatoms. The molecule has 0 spiro atoms. The number of hydrogen-bond acceptors (Lipinski definition) is 6. The average Bonchev–Trinajstić information content (AvgIpc) is 3.36. The lowest BCUT2D eigenvalue weighted by Crippen LogP contribution is -2.30. The summed E-state index contributed by atoms with van der Waals surface area (Å²) < 4.78 is 16.8. The van der Waals surface area contributed by atoms with Crippen molar-refractivity contribution in [3.05, 3.63) is 146 Å². The highest BCUT2D eigenvalue weighted by Gasteiger charge is 2.19. The molecule has 0 aromatic heterocycles. The van der Waals surface area contributed by atoms with E-state index in [1.54, 1.807) is 0 Å². The summed E-state index contributed by atoms with van der Waals surface area (Å²) in [5.41, 5.74) is 0. The second-order valence-electron chi connectivity index (χ2n) is 18.0. The van der Waals surface area contributed by atoms with Crippen molar-refractivity contribution in [3.63, 3.8) is 0 Å². The first-order chi connectivity index (χ1) is 34.5. The molecule has 0 aliphatic rings. The summed E-state index contributed by atoms with van der Waals surface area (Å²) in [5, 5.41) is 0. The van der Waals surface area contributed by atoms with Crippen LogP contribution in [0.1, 0.15) is 220 Å². The van der Waals surface area contributed by atoms with Gasteiger partial charge in [-0.2, -0.15) is 0 Å². The van der Waals surface area contributed by atoms with E-state index < -0.39 is 6.10 Å². The molecule has 0 N–H and O–H groups in total. The van der Waals surface area contributed by atoms with Crippen LogP contribution in [-0.2, 0) is 28.6 Å². The summed E-state index contributed by atoms with van der Waals surface area (Å²) in [4.78, 5) is 38.1. The molecule has 70 heavy (non-hydrogen) atoms. The molecule has 0 aromatic rings. The maximum absolute atomic E-state index is 12.9. The number of allylic oxidation sites excluding steroid dienone is 24. The number of hydrogen-bond donors (Lipinski definition) is 0. The van der Waals surface area contributed by atoms with Crippen LogP contribution in [0.2, 0.25) is 0 Å². The fraction of sp³-hybridized carbons (Fsp3) is 0.578. The molecule has 0 aromatic carbocycles. The van der Waals surface area contributed by atoms with Crippen molar-refractivity contribution >= 4 is 17.9 Å². The van der Waals surface area contributed by atoms with Crippen LogP contribution < -0.4 is 0 Å². The van der Waals surface area contributed by atoms with Crippen LogP contribution in [0.3, 0.4) is 0 Å². The van der Waals surface area contributed by atoms with Gasteiger partial charge in [-0.25, -0.2) is 0 Å². The molecule has 0 fully saturated rings. The molecule has 0 bridgehead atoms. The SMILES string of the molecule is CC\C=C/C=C\C=C/C=C\C=C/CCCCCC(=O)OCC(COC(=O)CCCCCCCCCCCC/C=C\C=C/CCCCC)OC(=O)CCCCCCC\C=C/C=C\C=C/C=C\C=C/CCC. The van der Waals surface area contributed by atoms with E-state index >= 15 is 0 Å². The van der Waals surface area contributed by atoms with Gasteiger partial charge in [0.2, 0.25) is 0 Å². The summed E-state index contributed by atoms with van der Waals surface area (Å²) in [6, 6.07) is 0. The van der Waals surface area contributed by atoms with E-state index in [0.29, 0.717) is 12.8 Å². The predicted molar refractivity (Wildman–Crippen MR) is 302 cm³/mol. The molecule has 0 radical (unpaired) electrons. The van der Waals surface area contributed by atoms with Crippen molar-refractivity contribution in [2.75, 3.05) is 13.2 Å². The van der Waals surface area contributed by atoms with Gasteiger partial charge in [-0.05, 0) is 83.5 Å². The second-order valence-corrected chi connectivity index (χ2v) is 18.0. The topological polar surface area (TPSA) is 78.9 Å². The van der Waals surface area contributed by atoms with Crippen molar-refractivity contribution in [1.29, 1.82) is 0 Å². The number of carbonyl (C=O) groups is 3. The fourth-order valence-corrected chi connectivity index (χ4v) is 7.13. The lowest BCUT2D eigenvalue weighted by Gasteiger charge is -2.18. The molecule has 0 saturated heterocycles. The Bertz CT molecular complexity index is 1580. The standard InChI is InChI=1S/C64H100O6/c1-4-7-10-13-16-19-22-25-28-30-32-34-36-39-42-45-48-51-54-57-63(66)69-60-61(59-68-62(65)56-53-50-47-44-41-38-35-27-24-21-18-15-12-9-6-3)70-64(67)58-55-52-49-46-43-40-37-33-31-29-26-23-20-17-14-11-8-5-2/h9,11-12,14-27,29,31,33,35,37-38,41,61H,4-8,10,13,28,30,32,34,36,39-40,42-60H2,1-3H3/b12-9-,14-11-,18-15-,19-16-,20-17-,24-21-,25-22-,26-23-,31-29-,35-27-,37-33-,41-38-. The van der Waals surface area contributed by atoms with Gasteiger partial charge in [-0.1, -0.05) is 263 Å². The van der Waals surface area contributed by atoms with Gasteiger partial charge >= 0.3 is 17.9 Å². The zero-order valence-corrected chi connectivity index (χ0v) is 44.7. The molecule has 0 aliphatic heterocycles. The molecule has 0 rings (SSSR count). The molecule has 0 aliphatic carbocycles. The molecule has 0 saturated carbocycles. The van der Waals surface area contributed by atoms with Crippen LogP contribution in [0, 0.1) is 0 Å². The largest absolute Gasteiger partial charge is 0.462 e. The van der Waals surface area contributed by atoms with Crippen LogP contribution in [-0.4, -0.2) is 37.2 Å². The maximum atomic E-state index is 12.9. The first kappa shape index (κ1) is 65.3. The van der Waals surface area contributed by atoms with Gasteiger partial charge in [0.05, 0.1) is 0 Å². The molecule has 1 unspecified atom stereocenters. The van der Waals surface area contributed by atoms with Crippen LogP contribution in [0.25, 0.3) is 0 Å². The fourth-order valence-electron chi connectivity index (χ4n) is 7.13. The van der Waals surface area contributed by atoms with Crippen molar-refractivity contribution in [3.8, 4) is 0 Å².